The van der Waals surface area contributed by atoms with Crippen LogP contribution in [0.3, 0.4) is 0 Å². The molecule has 2 heterocycles. The van der Waals surface area contributed by atoms with Crippen LogP contribution in [-0.4, -0.2) is 41.2 Å². The Morgan fingerprint density at radius 2 is 1.71 bits per heavy atom. The van der Waals surface area contributed by atoms with E-state index in [-0.39, 0.29) is 11.7 Å². The number of benzene rings is 2. The molecule has 0 aliphatic carbocycles. The summed E-state index contributed by atoms with van der Waals surface area (Å²) in [6, 6.07) is 16.8. The van der Waals surface area contributed by atoms with E-state index in [0.29, 0.717) is 34.5 Å². The molecule has 7 heteroatoms. The Kier molecular flexibility index (Phi) is 6.49. The van der Waals surface area contributed by atoms with Crippen molar-refractivity contribution >= 4 is 34.0 Å². The van der Waals surface area contributed by atoms with E-state index < -0.39 is 10.8 Å². The van der Waals surface area contributed by atoms with Gasteiger partial charge in [0.1, 0.15) is 5.76 Å². The average Bonchev–Trinajstić information content (AvgIpc) is 3.24. The molecule has 2 aromatic carbocycles. The van der Waals surface area contributed by atoms with Gasteiger partial charge >= 0.3 is 0 Å². The quantitative estimate of drug-likeness (QED) is 0.552. The van der Waals surface area contributed by atoms with Gasteiger partial charge in [0, 0.05) is 41.8 Å². The molecule has 1 aromatic heterocycles. The second kappa shape index (κ2) is 9.28. The fraction of sp³-hybridized carbons (Fsp3) is 0.292. The van der Waals surface area contributed by atoms with Crippen LogP contribution < -0.4 is 4.90 Å². The molecular formula is C24H25ClN2O3S. The van der Waals surface area contributed by atoms with Crippen molar-refractivity contribution in [1.82, 2.24) is 4.90 Å². The molecule has 162 valence electrons. The summed E-state index contributed by atoms with van der Waals surface area (Å²) in [4.78, 5) is 17.7. The van der Waals surface area contributed by atoms with E-state index in [9.17, 15) is 9.00 Å². The molecule has 0 bridgehead atoms. The number of piperazine rings is 1. The molecule has 5 nitrogen and oxygen atoms in total. The minimum absolute atomic E-state index is 0.121. The van der Waals surface area contributed by atoms with Crippen LogP contribution in [0.5, 0.6) is 0 Å². The zero-order chi connectivity index (χ0) is 22.0. The molecule has 1 aliphatic heterocycles. The minimum atomic E-state index is -1.26. The van der Waals surface area contributed by atoms with Gasteiger partial charge in [-0.1, -0.05) is 23.7 Å². The van der Waals surface area contributed by atoms with Gasteiger partial charge < -0.3 is 14.2 Å². The highest BCUT2D eigenvalue weighted by atomic mass is 35.5. The zero-order valence-corrected chi connectivity index (χ0v) is 19.2. The third-order valence-electron chi connectivity index (χ3n) is 5.49. The van der Waals surface area contributed by atoms with Crippen LogP contribution in [0.25, 0.3) is 0 Å². The normalized spacial score (nSPS) is 15.2. The van der Waals surface area contributed by atoms with E-state index in [2.05, 4.69) is 36.9 Å². The summed E-state index contributed by atoms with van der Waals surface area (Å²) in [5.41, 5.74) is 3.71. The number of amides is 1. The average molecular weight is 457 g/mol. The topological polar surface area (TPSA) is 53.8 Å². The van der Waals surface area contributed by atoms with E-state index in [0.717, 1.165) is 13.1 Å². The van der Waals surface area contributed by atoms with Crippen LogP contribution in [0.2, 0.25) is 5.02 Å². The Hall–Kier alpha value is -2.57. The maximum Gasteiger partial charge on any atom is 0.289 e. The Balaban J connectivity index is 1.36. The number of carbonyl (C=O) groups is 1. The Labute approximate surface area is 190 Å². The van der Waals surface area contributed by atoms with Crippen molar-refractivity contribution in [1.29, 1.82) is 0 Å². The van der Waals surface area contributed by atoms with Crippen molar-refractivity contribution in [3.63, 3.8) is 0 Å². The van der Waals surface area contributed by atoms with Gasteiger partial charge in [-0.25, -0.2) is 0 Å². The molecule has 1 aliphatic rings. The smallest absolute Gasteiger partial charge is 0.289 e. The Bertz CT molecular complexity index is 1100. The SMILES string of the molecule is Cc1ccc(C)c(N2CCN(C(=O)c3ccc(CS(=O)c4ccc(Cl)cc4)o3)CC2)c1. The van der Waals surface area contributed by atoms with Crippen molar-refractivity contribution in [2.75, 3.05) is 31.1 Å². The molecule has 4 rings (SSSR count). The maximum absolute atomic E-state index is 12.9. The standard InChI is InChI=1S/C24H25ClN2O3S/c1-17-3-4-18(2)22(15-17)26-11-13-27(14-12-26)24(28)23-10-7-20(30-23)16-31(29)21-8-5-19(25)6-9-21/h3-10,15H,11-14,16H2,1-2H3. The molecular weight excluding hydrogens is 432 g/mol. The molecule has 1 saturated heterocycles. The largest absolute Gasteiger partial charge is 0.455 e. The van der Waals surface area contributed by atoms with Crippen LogP contribution in [0.1, 0.15) is 27.4 Å². The number of carbonyl (C=O) groups excluding carboxylic acids is 1. The third kappa shape index (κ3) is 5.02. The predicted molar refractivity (Wildman–Crippen MR) is 124 cm³/mol. The highest BCUT2D eigenvalue weighted by molar-refractivity contribution is 7.84. The number of hydrogen-bond acceptors (Lipinski definition) is 4. The van der Waals surface area contributed by atoms with Gasteiger partial charge in [-0.3, -0.25) is 9.00 Å². The fourth-order valence-electron chi connectivity index (χ4n) is 3.74. The fourth-order valence-corrected chi connectivity index (χ4v) is 4.88. The highest BCUT2D eigenvalue weighted by Gasteiger charge is 2.25. The molecule has 0 N–H and O–H groups in total. The van der Waals surface area contributed by atoms with Gasteiger partial charge in [-0.15, -0.1) is 0 Å². The molecule has 0 saturated carbocycles. The molecule has 1 unspecified atom stereocenters. The first-order chi connectivity index (χ1) is 14.9. The lowest BCUT2D eigenvalue weighted by atomic mass is 10.1. The summed E-state index contributed by atoms with van der Waals surface area (Å²) in [6.45, 7) is 7.05. The van der Waals surface area contributed by atoms with Crippen LogP contribution in [0.15, 0.2) is 63.9 Å². The second-order valence-corrected chi connectivity index (χ2v) is 9.67. The van der Waals surface area contributed by atoms with Crippen LogP contribution >= 0.6 is 11.6 Å². The van der Waals surface area contributed by atoms with Crippen molar-refractivity contribution in [2.24, 2.45) is 0 Å². The summed E-state index contributed by atoms with van der Waals surface area (Å²) in [7, 11) is -1.26. The van der Waals surface area contributed by atoms with Gasteiger partial charge in [-0.05, 0) is 67.4 Å². The van der Waals surface area contributed by atoms with Crippen molar-refractivity contribution in [3.8, 4) is 0 Å². The zero-order valence-electron chi connectivity index (χ0n) is 17.6. The molecule has 0 radical (unpaired) electrons. The van der Waals surface area contributed by atoms with Gasteiger partial charge in [0.15, 0.2) is 5.76 Å². The van der Waals surface area contributed by atoms with Crippen molar-refractivity contribution in [3.05, 3.63) is 82.3 Å². The number of halogens is 1. The summed E-state index contributed by atoms with van der Waals surface area (Å²) in [6.07, 6.45) is 0. The van der Waals surface area contributed by atoms with Crippen LogP contribution in [0.4, 0.5) is 5.69 Å². The van der Waals surface area contributed by atoms with Gasteiger partial charge in [0.05, 0.1) is 16.6 Å². The monoisotopic (exact) mass is 456 g/mol. The lowest BCUT2D eigenvalue weighted by Crippen LogP contribution is -2.49. The molecule has 1 atom stereocenters. The molecule has 1 fully saturated rings. The Morgan fingerprint density at radius 3 is 2.42 bits per heavy atom. The second-order valence-electron chi connectivity index (χ2n) is 7.78. The van der Waals surface area contributed by atoms with Crippen molar-refractivity contribution < 1.29 is 13.4 Å². The van der Waals surface area contributed by atoms with Gasteiger partial charge in [-0.2, -0.15) is 0 Å². The van der Waals surface area contributed by atoms with E-state index in [1.807, 2.05) is 4.90 Å². The van der Waals surface area contributed by atoms with E-state index in [4.69, 9.17) is 16.0 Å². The highest BCUT2D eigenvalue weighted by Crippen LogP contribution is 2.24. The number of nitrogens with zero attached hydrogens (tertiary/aromatic N) is 2. The first-order valence-electron chi connectivity index (χ1n) is 10.2. The van der Waals surface area contributed by atoms with Gasteiger partial charge in [0.25, 0.3) is 5.91 Å². The number of aryl methyl sites for hydroxylation is 2. The Morgan fingerprint density at radius 1 is 1.00 bits per heavy atom. The van der Waals surface area contributed by atoms with E-state index >= 15 is 0 Å². The molecule has 0 spiro atoms. The minimum Gasteiger partial charge on any atom is -0.455 e. The first-order valence-corrected chi connectivity index (χ1v) is 11.9. The summed E-state index contributed by atoms with van der Waals surface area (Å²) < 4.78 is 18.3. The lowest BCUT2D eigenvalue weighted by molar-refractivity contribution is 0.0713. The van der Waals surface area contributed by atoms with E-state index in [1.165, 1.54) is 16.8 Å². The number of rotatable bonds is 5. The third-order valence-corrected chi connectivity index (χ3v) is 7.09. The van der Waals surface area contributed by atoms with Crippen LogP contribution in [0, 0.1) is 13.8 Å². The van der Waals surface area contributed by atoms with Gasteiger partial charge in [0.2, 0.25) is 0 Å². The maximum atomic E-state index is 12.9. The number of anilines is 1. The van der Waals surface area contributed by atoms with Crippen molar-refractivity contribution in [2.45, 2.75) is 24.5 Å². The van der Waals surface area contributed by atoms with E-state index in [1.54, 1.807) is 36.4 Å². The summed E-state index contributed by atoms with van der Waals surface area (Å²) >= 11 is 5.88. The predicted octanol–water partition coefficient (Wildman–Crippen LogP) is 4.82. The first kappa shape index (κ1) is 21.7. The number of furan rings is 1. The molecule has 1 amide bonds. The van der Waals surface area contributed by atoms with Crippen LogP contribution in [-0.2, 0) is 16.6 Å². The lowest BCUT2D eigenvalue weighted by Gasteiger charge is -2.36. The summed E-state index contributed by atoms with van der Waals surface area (Å²) in [5, 5.41) is 0.601. The number of hydrogen-bond donors (Lipinski definition) is 0. The molecule has 3 aromatic rings. The molecule has 31 heavy (non-hydrogen) atoms. The summed E-state index contributed by atoms with van der Waals surface area (Å²) in [5.74, 6) is 0.924.